The molecule has 2 aliphatic heterocycles. The molecular formula is C25H29ClN4O3. The van der Waals surface area contributed by atoms with E-state index in [9.17, 15) is 14.4 Å². The van der Waals surface area contributed by atoms with Gasteiger partial charge in [0.15, 0.2) is 0 Å². The van der Waals surface area contributed by atoms with Gasteiger partial charge in [0.25, 0.3) is 11.8 Å². The van der Waals surface area contributed by atoms with Crippen molar-refractivity contribution in [2.24, 2.45) is 0 Å². The molecule has 2 fully saturated rings. The van der Waals surface area contributed by atoms with Gasteiger partial charge in [-0.15, -0.1) is 0 Å². The summed E-state index contributed by atoms with van der Waals surface area (Å²) in [4.78, 5) is 41.4. The Bertz CT molecular complexity index is 1010. The predicted octanol–water partition coefficient (Wildman–Crippen LogP) is 3.54. The summed E-state index contributed by atoms with van der Waals surface area (Å²) in [6.45, 7) is 3.53. The molecule has 0 atom stereocenters. The Morgan fingerprint density at radius 1 is 0.818 bits per heavy atom. The van der Waals surface area contributed by atoms with Gasteiger partial charge in [0, 0.05) is 49.0 Å². The van der Waals surface area contributed by atoms with Gasteiger partial charge in [-0.05, 0) is 61.6 Å². The Labute approximate surface area is 199 Å². The van der Waals surface area contributed by atoms with E-state index >= 15 is 0 Å². The van der Waals surface area contributed by atoms with Crippen molar-refractivity contribution in [3.8, 4) is 0 Å². The number of likely N-dealkylation sites (tertiary alicyclic amines) is 2. The molecule has 4 rings (SSSR count). The number of anilines is 1. The first-order valence-electron chi connectivity index (χ1n) is 11.5. The zero-order valence-electron chi connectivity index (χ0n) is 18.6. The lowest BCUT2D eigenvalue weighted by atomic mass is 10.1. The van der Waals surface area contributed by atoms with Crippen molar-refractivity contribution in [2.45, 2.75) is 32.2 Å². The van der Waals surface area contributed by atoms with Crippen LogP contribution in [0.1, 0.15) is 52.0 Å². The van der Waals surface area contributed by atoms with E-state index in [4.69, 9.17) is 11.6 Å². The van der Waals surface area contributed by atoms with Crippen LogP contribution in [0, 0.1) is 0 Å². The maximum Gasteiger partial charge on any atom is 0.256 e. The standard InChI is InChI=1S/C25H29ClN4O3/c26-20-9-10-22(21(15-20)25(33)30-13-3-4-14-30)27-17-23(31)28-16-18-5-7-19(8-6-18)24(32)29-11-1-2-12-29/h5-10,15,27H,1-4,11-14,16-17H2,(H,28,31). The molecule has 2 aliphatic rings. The maximum atomic E-state index is 12.8. The van der Waals surface area contributed by atoms with E-state index in [1.54, 1.807) is 18.2 Å². The van der Waals surface area contributed by atoms with Crippen molar-refractivity contribution < 1.29 is 14.4 Å². The number of hydrogen-bond donors (Lipinski definition) is 2. The second kappa shape index (κ2) is 10.7. The molecule has 7 nitrogen and oxygen atoms in total. The fraction of sp³-hybridized carbons (Fsp3) is 0.400. The summed E-state index contributed by atoms with van der Waals surface area (Å²) in [5.74, 6) is -0.197. The van der Waals surface area contributed by atoms with Gasteiger partial charge in [0.2, 0.25) is 5.91 Å². The van der Waals surface area contributed by atoms with E-state index in [2.05, 4.69) is 10.6 Å². The molecule has 2 heterocycles. The zero-order valence-corrected chi connectivity index (χ0v) is 19.4. The molecule has 2 N–H and O–H groups in total. The molecule has 0 bridgehead atoms. The number of halogens is 1. The normalized spacial score (nSPS) is 15.5. The smallest absolute Gasteiger partial charge is 0.256 e. The quantitative estimate of drug-likeness (QED) is 0.651. The van der Waals surface area contributed by atoms with Crippen LogP contribution in [0.5, 0.6) is 0 Å². The highest BCUT2D eigenvalue weighted by molar-refractivity contribution is 6.31. The van der Waals surface area contributed by atoms with Crippen LogP contribution in [0.15, 0.2) is 42.5 Å². The molecule has 0 radical (unpaired) electrons. The average Bonchev–Trinajstić information content (AvgIpc) is 3.56. The monoisotopic (exact) mass is 468 g/mol. The lowest BCUT2D eigenvalue weighted by Gasteiger charge is -2.18. The van der Waals surface area contributed by atoms with Gasteiger partial charge in [-0.1, -0.05) is 23.7 Å². The molecule has 2 aromatic carbocycles. The Hall–Kier alpha value is -3.06. The molecule has 8 heteroatoms. The lowest BCUT2D eigenvalue weighted by Crippen LogP contribution is -2.31. The Morgan fingerprint density at radius 2 is 1.42 bits per heavy atom. The van der Waals surface area contributed by atoms with Gasteiger partial charge >= 0.3 is 0 Å². The van der Waals surface area contributed by atoms with Gasteiger partial charge in [0.1, 0.15) is 0 Å². The predicted molar refractivity (Wildman–Crippen MR) is 129 cm³/mol. The molecule has 174 valence electrons. The largest absolute Gasteiger partial charge is 0.376 e. The number of carbonyl (C=O) groups is 3. The highest BCUT2D eigenvalue weighted by atomic mass is 35.5. The first kappa shape index (κ1) is 23.1. The van der Waals surface area contributed by atoms with Crippen LogP contribution in [-0.4, -0.2) is 60.2 Å². The molecule has 0 aromatic heterocycles. The molecule has 0 spiro atoms. The van der Waals surface area contributed by atoms with Crippen LogP contribution in [0.25, 0.3) is 0 Å². The maximum absolute atomic E-state index is 12.8. The van der Waals surface area contributed by atoms with Crippen LogP contribution >= 0.6 is 11.6 Å². The Balaban J connectivity index is 1.29. The first-order chi connectivity index (χ1) is 16.0. The van der Waals surface area contributed by atoms with Crippen molar-refractivity contribution >= 4 is 35.0 Å². The number of nitrogens with zero attached hydrogens (tertiary/aromatic N) is 2. The van der Waals surface area contributed by atoms with Crippen molar-refractivity contribution in [2.75, 3.05) is 38.0 Å². The molecule has 0 unspecified atom stereocenters. The van der Waals surface area contributed by atoms with Crippen LogP contribution in [-0.2, 0) is 11.3 Å². The minimum atomic E-state index is -0.193. The number of benzene rings is 2. The summed E-state index contributed by atoms with van der Waals surface area (Å²) in [6, 6.07) is 12.4. The van der Waals surface area contributed by atoms with E-state index in [1.807, 2.05) is 34.1 Å². The molecule has 2 saturated heterocycles. The van der Waals surface area contributed by atoms with E-state index in [1.165, 1.54) is 0 Å². The summed E-state index contributed by atoms with van der Waals surface area (Å²) >= 11 is 6.11. The fourth-order valence-electron chi connectivity index (χ4n) is 4.24. The van der Waals surface area contributed by atoms with Gasteiger partial charge < -0.3 is 20.4 Å². The van der Waals surface area contributed by atoms with Crippen LogP contribution in [0.3, 0.4) is 0 Å². The Morgan fingerprint density at radius 3 is 2.06 bits per heavy atom. The third kappa shape index (κ3) is 5.85. The third-order valence-electron chi connectivity index (χ3n) is 6.13. The van der Waals surface area contributed by atoms with Gasteiger partial charge in [-0.25, -0.2) is 0 Å². The van der Waals surface area contributed by atoms with Gasteiger partial charge in [-0.2, -0.15) is 0 Å². The molecular weight excluding hydrogens is 440 g/mol. The van der Waals surface area contributed by atoms with Gasteiger partial charge in [0.05, 0.1) is 12.1 Å². The number of carbonyl (C=O) groups excluding carboxylic acids is 3. The molecule has 0 saturated carbocycles. The summed E-state index contributed by atoms with van der Waals surface area (Å²) < 4.78 is 0. The number of hydrogen-bond acceptors (Lipinski definition) is 4. The average molecular weight is 469 g/mol. The summed E-state index contributed by atoms with van der Waals surface area (Å²) in [6.07, 6.45) is 4.14. The molecule has 3 amide bonds. The van der Waals surface area contributed by atoms with Crippen molar-refractivity contribution in [3.63, 3.8) is 0 Å². The second-order valence-electron chi connectivity index (χ2n) is 8.52. The van der Waals surface area contributed by atoms with Crippen LogP contribution < -0.4 is 10.6 Å². The second-order valence-corrected chi connectivity index (χ2v) is 8.95. The third-order valence-corrected chi connectivity index (χ3v) is 6.36. The first-order valence-corrected chi connectivity index (χ1v) is 11.9. The van der Waals surface area contributed by atoms with E-state index in [0.717, 1.165) is 57.4 Å². The molecule has 0 aliphatic carbocycles. The minimum Gasteiger partial charge on any atom is -0.376 e. The molecule has 33 heavy (non-hydrogen) atoms. The Kier molecular flexibility index (Phi) is 7.50. The highest BCUT2D eigenvalue weighted by Gasteiger charge is 2.22. The van der Waals surface area contributed by atoms with Crippen molar-refractivity contribution in [1.29, 1.82) is 0 Å². The number of amides is 3. The highest BCUT2D eigenvalue weighted by Crippen LogP contribution is 2.24. The van der Waals surface area contributed by atoms with E-state index < -0.39 is 0 Å². The van der Waals surface area contributed by atoms with Crippen molar-refractivity contribution in [3.05, 3.63) is 64.2 Å². The fourth-order valence-corrected chi connectivity index (χ4v) is 4.42. The number of nitrogens with one attached hydrogen (secondary N) is 2. The summed E-state index contributed by atoms with van der Waals surface area (Å²) in [5.41, 5.74) is 2.66. The number of rotatable bonds is 7. The zero-order chi connectivity index (χ0) is 23.2. The van der Waals surface area contributed by atoms with E-state index in [-0.39, 0.29) is 24.3 Å². The summed E-state index contributed by atoms with van der Waals surface area (Å²) in [7, 11) is 0. The van der Waals surface area contributed by atoms with Crippen LogP contribution in [0.4, 0.5) is 5.69 Å². The topological polar surface area (TPSA) is 81.8 Å². The lowest BCUT2D eigenvalue weighted by molar-refractivity contribution is -0.119. The van der Waals surface area contributed by atoms with E-state index in [0.29, 0.717) is 28.4 Å². The van der Waals surface area contributed by atoms with Crippen molar-refractivity contribution in [1.82, 2.24) is 15.1 Å². The minimum absolute atomic E-state index is 0.0352. The van der Waals surface area contributed by atoms with Gasteiger partial charge in [-0.3, -0.25) is 14.4 Å². The summed E-state index contributed by atoms with van der Waals surface area (Å²) in [5, 5.41) is 6.42. The molecule has 2 aromatic rings. The van der Waals surface area contributed by atoms with Crippen LogP contribution in [0.2, 0.25) is 5.02 Å². The SMILES string of the molecule is O=C(CNc1ccc(Cl)cc1C(=O)N1CCCC1)NCc1ccc(C(=O)N2CCCC2)cc1.